The number of anilines is 1. The molecule has 8 nitrogen and oxygen atoms in total. The number of carbonyl (C=O) groups is 1. The summed E-state index contributed by atoms with van der Waals surface area (Å²) in [6.07, 6.45) is 4.58. The number of thiophene rings is 1. The van der Waals surface area contributed by atoms with Gasteiger partial charge in [-0.3, -0.25) is 4.79 Å². The number of nitrogens with zero attached hydrogens (tertiary/aromatic N) is 1. The van der Waals surface area contributed by atoms with E-state index in [9.17, 15) is 19.0 Å². The number of nitrogens with one attached hydrogen (secondary N) is 1. The average molecular weight is 601 g/mol. The molecule has 13 heteroatoms. The SMILES string of the molecule is CCCCC1(CCCC)C(=O)C(C2=NS([O-])([O-])c3c(COCOC)csc3N2)=C([O-])c2ccccc21.[Na+].[Na+].[Na+]. The standard InChI is InChI=1S/C26H34N2O6S2.3Na/c1-4-6-12-26(13-7-5-2)19-11-9-8-10-18(19)21(29)20(23(26)30)24-27-25-22(36(31,32)28-24)17(15-35-25)14-34-16-33-3;;;/h8-11,15,29,31-32H,4-7,12-14,16H2,1-3H3,(H,27,28);;;/q;3*+1/p-3. The van der Waals surface area contributed by atoms with Gasteiger partial charge < -0.3 is 39.8 Å². The van der Waals surface area contributed by atoms with Gasteiger partial charge in [-0.05, 0) is 24.0 Å². The molecule has 2 aliphatic rings. The second-order valence-electron chi connectivity index (χ2n) is 9.08. The third-order valence-corrected chi connectivity index (χ3v) is 9.18. The van der Waals surface area contributed by atoms with Crippen LogP contribution in [0.1, 0.15) is 69.1 Å². The molecule has 4 rings (SSSR count). The fourth-order valence-electron chi connectivity index (χ4n) is 4.98. The number of sulfonamides is 1. The van der Waals surface area contributed by atoms with E-state index in [4.69, 9.17) is 9.47 Å². The molecule has 0 fully saturated rings. The molecule has 0 bridgehead atoms. The summed E-state index contributed by atoms with van der Waals surface area (Å²) in [5.41, 5.74) is 0.542. The Morgan fingerprint density at radius 1 is 1.08 bits per heavy atom. The zero-order chi connectivity index (χ0) is 25.9. The zero-order valence-corrected chi connectivity index (χ0v) is 31.4. The minimum Gasteiger partial charge on any atom is -0.871 e. The van der Waals surface area contributed by atoms with Gasteiger partial charge in [0.25, 0.3) is 0 Å². The first-order chi connectivity index (χ1) is 17.3. The van der Waals surface area contributed by atoms with Crippen LogP contribution in [0.3, 0.4) is 0 Å². The Balaban J connectivity index is 0.00000253. The molecule has 2 heterocycles. The summed E-state index contributed by atoms with van der Waals surface area (Å²) in [7, 11) is -2.69. The van der Waals surface area contributed by atoms with Crippen LogP contribution in [0.4, 0.5) is 5.00 Å². The van der Waals surface area contributed by atoms with E-state index in [1.165, 1.54) is 18.4 Å². The Morgan fingerprint density at radius 2 is 1.72 bits per heavy atom. The Morgan fingerprint density at radius 3 is 2.33 bits per heavy atom. The van der Waals surface area contributed by atoms with E-state index in [0.29, 0.717) is 29.0 Å². The molecule has 1 N–H and O–H groups in total. The molecule has 1 aromatic heterocycles. The van der Waals surface area contributed by atoms with E-state index in [1.54, 1.807) is 17.5 Å². The van der Waals surface area contributed by atoms with Gasteiger partial charge in [0.2, 0.25) is 0 Å². The number of Topliss-reactive ketones (excluding diaryl/α,β-unsaturated/α-hetero) is 1. The Bertz CT molecular complexity index is 1190. The molecule has 1 aliphatic carbocycles. The number of ether oxygens (including phenoxy) is 2. The van der Waals surface area contributed by atoms with Crippen molar-refractivity contribution in [3.05, 3.63) is 51.9 Å². The number of ketones is 1. The van der Waals surface area contributed by atoms with Crippen molar-refractivity contribution in [2.45, 2.75) is 69.3 Å². The van der Waals surface area contributed by atoms with Crippen molar-refractivity contribution in [3.8, 4) is 0 Å². The van der Waals surface area contributed by atoms with Crippen LogP contribution in [0, 0.1) is 0 Å². The van der Waals surface area contributed by atoms with Gasteiger partial charge in [0.05, 0.1) is 17.6 Å². The molecular weight excluding hydrogens is 569 g/mol. The summed E-state index contributed by atoms with van der Waals surface area (Å²) in [6.45, 7) is 4.18. The monoisotopic (exact) mass is 600 g/mol. The molecule has 0 spiro atoms. The summed E-state index contributed by atoms with van der Waals surface area (Å²) in [5, 5.41) is 18.6. The maximum atomic E-state index is 14.2. The number of hydrogen-bond donors (Lipinski definition) is 1. The van der Waals surface area contributed by atoms with Gasteiger partial charge in [0.1, 0.15) is 11.8 Å². The average Bonchev–Trinajstić information content (AvgIpc) is 3.28. The number of hydrogen-bond acceptors (Lipinski definition) is 9. The molecule has 0 unspecified atom stereocenters. The van der Waals surface area contributed by atoms with Crippen LogP contribution in [-0.2, 0) is 26.3 Å². The summed E-state index contributed by atoms with van der Waals surface area (Å²) in [4.78, 5) is 14.2. The molecule has 0 radical (unpaired) electrons. The minimum absolute atomic E-state index is 0. The predicted octanol–water partition coefficient (Wildman–Crippen LogP) is -3.98. The van der Waals surface area contributed by atoms with Crippen molar-refractivity contribution in [2.24, 2.45) is 4.40 Å². The quantitative estimate of drug-likeness (QED) is 0.158. The van der Waals surface area contributed by atoms with E-state index in [0.717, 1.165) is 31.2 Å². The van der Waals surface area contributed by atoms with Crippen LogP contribution in [0.25, 0.3) is 5.76 Å². The van der Waals surface area contributed by atoms with Gasteiger partial charge in [-0.15, -0.1) is 11.3 Å². The van der Waals surface area contributed by atoms with E-state index >= 15 is 0 Å². The van der Waals surface area contributed by atoms with Crippen molar-refractivity contribution in [1.29, 1.82) is 0 Å². The molecule has 0 atom stereocenters. The number of methoxy groups -OCH3 is 1. The number of benzene rings is 1. The topological polar surface area (TPSA) is 129 Å². The molecule has 0 amide bonds. The van der Waals surface area contributed by atoms with Crippen LogP contribution in [-0.4, -0.2) is 34.6 Å². The van der Waals surface area contributed by atoms with Crippen molar-refractivity contribution < 1.29 is 117 Å². The normalized spacial score (nSPS) is 17.4. The molecule has 39 heavy (non-hydrogen) atoms. The first kappa shape index (κ1) is 37.8. The summed E-state index contributed by atoms with van der Waals surface area (Å²) >= 11 is 1.17. The number of fused-ring (bicyclic) bond motifs is 2. The van der Waals surface area contributed by atoms with E-state index in [1.807, 2.05) is 12.1 Å². The number of unbranched alkanes of at least 4 members (excludes halogenated alkanes) is 2. The Labute approximate surface area is 302 Å². The summed E-state index contributed by atoms with van der Waals surface area (Å²) < 4.78 is 40.7. The third kappa shape index (κ3) is 7.66. The molecule has 2 aromatic rings. The number of rotatable bonds is 11. The number of amidine groups is 1. The molecule has 1 aromatic carbocycles. The maximum absolute atomic E-state index is 14.2. The first-order valence-electron chi connectivity index (χ1n) is 12.2. The maximum Gasteiger partial charge on any atom is 1.00 e. The van der Waals surface area contributed by atoms with Crippen LogP contribution < -0.4 is 99.1 Å². The van der Waals surface area contributed by atoms with Crippen LogP contribution in [0.5, 0.6) is 0 Å². The largest absolute Gasteiger partial charge is 1.00 e. The van der Waals surface area contributed by atoms with Gasteiger partial charge in [-0.1, -0.05) is 69.6 Å². The van der Waals surface area contributed by atoms with Gasteiger partial charge in [0, 0.05) is 22.9 Å². The predicted molar refractivity (Wildman–Crippen MR) is 139 cm³/mol. The van der Waals surface area contributed by atoms with E-state index in [-0.39, 0.29) is 124 Å². The van der Waals surface area contributed by atoms with Crippen LogP contribution >= 0.6 is 22.1 Å². The molecular formula is C26H31N2Na3O6S2. The smallest absolute Gasteiger partial charge is 0.871 e. The molecule has 196 valence electrons. The summed E-state index contributed by atoms with van der Waals surface area (Å²) in [6, 6.07) is 7.20. The minimum atomic E-state index is -4.17. The van der Waals surface area contributed by atoms with Gasteiger partial charge in [-0.25, -0.2) is 4.40 Å². The van der Waals surface area contributed by atoms with Crippen molar-refractivity contribution in [2.75, 3.05) is 19.2 Å². The van der Waals surface area contributed by atoms with Gasteiger partial charge >= 0.3 is 88.7 Å². The van der Waals surface area contributed by atoms with E-state index in [2.05, 4.69) is 23.6 Å². The second-order valence-corrected chi connectivity index (χ2v) is 11.5. The molecule has 0 saturated carbocycles. The molecule has 1 aliphatic heterocycles. The van der Waals surface area contributed by atoms with Gasteiger partial charge in [0.15, 0.2) is 11.6 Å². The van der Waals surface area contributed by atoms with Crippen LogP contribution in [0.2, 0.25) is 0 Å². The zero-order valence-electron chi connectivity index (χ0n) is 23.8. The second kappa shape index (κ2) is 16.6. The third-order valence-electron chi connectivity index (χ3n) is 6.70. The first-order valence-corrected chi connectivity index (χ1v) is 14.5. The fraction of sp³-hybridized carbons (Fsp3) is 0.462. The van der Waals surface area contributed by atoms with Crippen LogP contribution in [0.15, 0.2) is 44.5 Å². The fourth-order valence-corrected chi connectivity index (χ4v) is 7.56. The van der Waals surface area contributed by atoms with E-state index < -0.39 is 22.0 Å². The number of carbonyl (C=O) groups excluding carboxylic acids is 1. The Kier molecular flexibility index (Phi) is 16.1. The Hall–Kier alpha value is 0.790. The van der Waals surface area contributed by atoms with Gasteiger partial charge in [-0.2, -0.15) is 0 Å². The van der Waals surface area contributed by atoms with Crippen molar-refractivity contribution >= 4 is 44.5 Å². The van der Waals surface area contributed by atoms with Crippen molar-refractivity contribution in [3.63, 3.8) is 0 Å². The summed E-state index contributed by atoms with van der Waals surface area (Å²) in [5.74, 6) is -1.04. The molecule has 0 saturated heterocycles. The van der Waals surface area contributed by atoms with Crippen molar-refractivity contribution in [1.82, 2.24) is 0 Å².